The van der Waals surface area contributed by atoms with Crippen molar-refractivity contribution in [2.45, 2.75) is 56.0 Å². The van der Waals surface area contributed by atoms with E-state index in [0.29, 0.717) is 46.8 Å². The van der Waals surface area contributed by atoms with Crippen molar-refractivity contribution < 1.29 is 28.9 Å². The molecule has 2 aliphatic rings. The number of halogens is 1. The lowest BCUT2D eigenvalue weighted by molar-refractivity contribution is -0.142. The maximum absolute atomic E-state index is 14.4. The average molecular weight is 921 g/mol. The highest BCUT2D eigenvalue weighted by molar-refractivity contribution is 7.97. The Hall–Kier alpha value is -6.82. The van der Waals surface area contributed by atoms with Crippen molar-refractivity contribution in [3.8, 4) is 45.7 Å². The second-order valence-electron chi connectivity index (χ2n) is 15.9. The van der Waals surface area contributed by atoms with Gasteiger partial charge >= 0.3 is 5.97 Å². The van der Waals surface area contributed by atoms with E-state index in [-0.39, 0.29) is 19.1 Å². The van der Waals surface area contributed by atoms with E-state index in [1.807, 2.05) is 132 Å². The van der Waals surface area contributed by atoms with Crippen molar-refractivity contribution in [3.05, 3.63) is 177 Å². The molecular formula is C51H42ClN5O6S2. The number of carbonyl (C=O) groups excluding carboxylic acids is 1. The number of hydrogen-bond donors (Lipinski definition) is 3. The lowest BCUT2D eigenvalue weighted by Crippen LogP contribution is -2.52. The molecule has 0 spiro atoms. The number of rotatable bonds is 13. The summed E-state index contributed by atoms with van der Waals surface area (Å²) in [6.07, 6.45) is 0.0446. The Kier molecular flexibility index (Phi) is 12.8. The van der Waals surface area contributed by atoms with Crippen molar-refractivity contribution in [2.24, 2.45) is 0 Å². The number of nitrogens with one attached hydrogen (secondary N) is 1. The SMILES string of the molecule is Cc1ccc(COc2ccc(C3COc4cc5c(cc4O3)CN(Sc3ccc(-c4csc(N)n4)cc3)C(C(=O)N[C@@H](Cc3ccc(-c4ccc(C#N)cc4)cc3)C(=O)O)C5)cc2)cc1Cl. The number of amides is 1. The molecule has 0 fully saturated rings. The topological polar surface area (TPSA) is 160 Å². The molecule has 6 aromatic carbocycles. The summed E-state index contributed by atoms with van der Waals surface area (Å²) in [6, 6.07) is 40.5. The highest BCUT2D eigenvalue weighted by Gasteiger charge is 2.36. The third-order valence-electron chi connectivity index (χ3n) is 11.5. The molecular weight excluding hydrogens is 878 g/mol. The summed E-state index contributed by atoms with van der Waals surface area (Å²) < 4.78 is 20.9. The van der Waals surface area contributed by atoms with Gasteiger partial charge in [-0.05, 0) is 124 Å². The van der Waals surface area contributed by atoms with Crippen LogP contribution in [0, 0.1) is 18.3 Å². The Morgan fingerprint density at radius 2 is 1.63 bits per heavy atom. The van der Waals surface area contributed by atoms with E-state index in [0.717, 1.165) is 66.4 Å². The minimum absolute atomic E-state index is 0.0894. The molecule has 2 unspecified atom stereocenters. The van der Waals surface area contributed by atoms with Crippen molar-refractivity contribution in [1.82, 2.24) is 14.6 Å². The van der Waals surface area contributed by atoms with Gasteiger partial charge in [-0.2, -0.15) is 5.26 Å². The Morgan fingerprint density at radius 3 is 2.31 bits per heavy atom. The first-order valence-corrected chi connectivity index (χ1v) is 22.9. The summed E-state index contributed by atoms with van der Waals surface area (Å²) in [5, 5.41) is 25.5. The van der Waals surface area contributed by atoms with Gasteiger partial charge in [0.25, 0.3) is 0 Å². The maximum atomic E-state index is 14.4. The summed E-state index contributed by atoms with van der Waals surface area (Å²) in [7, 11) is 0. The monoisotopic (exact) mass is 919 g/mol. The summed E-state index contributed by atoms with van der Waals surface area (Å²) in [5.74, 6) is 0.381. The molecule has 9 rings (SSSR count). The first kappa shape index (κ1) is 43.4. The standard InChI is InChI=1S/C51H42ClN5O6S2/c1-30-2-3-33(20-42(30)52)27-61-40-16-12-37(13-17-40)48-28-62-46-23-38-22-45(49(58)55-43(50(59)60)21-31-4-8-34(9-5-31)35-10-6-32(25-53)7-11-35)57(26-39(38)24-47(46)63-48)65-41-18-14-36(15-19-41)44-29-64-51(54)56-44/h2-20,23-24,29,43,45,48H,21-22,26-28H2,1H3,(H2,54,56)(H,55,58)(H,59,60)/t43-,45?,48?/m0/s1. The minimum atomic E-state index is -1.17. The van der Waals surface area contributed by atoms with Gasteiger partial charge in [0.1, 0.15) is 31.0 Å². The number of nitrogens with two attached hydrogens (primary N) is 1. The van der Waals surface area contributed by atoms with Crippen LogP contribution in [0.15, 0.2) is 138 Å². The van der Waals surface area contributed by atoms with Gasteiger partial charge in [0.05, 0.1) is 17.3 Å². The number of aliphatic carboxylic acids is 1. The summed E-state index contributed by atoms with van der Waals surface area (Å²) in [6.45, 7) is 3.02. The molecule has 14 heteroatoms. The van der Waals surface area contributed by atoms with Crippen molar-refractivity contribution in [1.29, 1.82) is 5.26 Å². The molecule has 1 aromatic heterocycles. The van der Waals surface area contributed by atoms with Crippen LogP contribution in [0.25, 0.3) is 22.4 Å². The number of ether oxygens (including phenoxy) is 3. The number of carboxylic acids is 1. The first-order chi connectivity index (χ1) is 31.5. The van der Waals surface area contributed by atoms with Gasteiger partial charge in [-0.15, -0.1) is 11.3 Å². The van der Waals surface area contributed by atoms with Crippen LogP contribution >= 0.6 is 34.9 Å². The lowest BCUT2D eigenvalue weighted by Gasteiger charge is -2.36. The molecule has 0 saturated heterocycles. The van der Waals surface area contributed by atoms with Gasteiger partial charge in [0.2, 0.25) is 5.91 Å². The molecule has 0 aliphatic carbocycles. The second-order valence-corrected chi connectivity index (χ2v) is 18.3. The Morgan fingerprint density at radius 1 is 0.938 bits per heavy atom. The van der Waals surface area contributed by atoms with E-state index >= 15 is 0 Å². The third kappa shape index (κ3) is 10.1. The van der Waals surface area contributed by atoms with Crippen LogP contribution in [0.2, 0.25) is 5.02 Å². The number of thiazole rings is 1. The predicted octanol–water partition coefficient (Wildman–Crippen LogP) is 10.2. The number of benzene rings is 6. The number of nitrogens with zero attached hydrogens (tertiary/aromatic N) is 3. The van der Waals surface area contributed by atoms with Crippen LogP contribution in [0.1, 0.15) is 45.0 Å². The fourth-order valence-electron chi connectivity index (χ4n) is 7.80. The number of aryl methyl sites for hydroxylation is 1. The molecule has 3 heterocycles. The fraction of sp³-hybridized carbons (Fsp3) is 0.176. The molecule has 1 amide bonds. The number of hydrogen-bond acceptors (Lipinski definition) is 11. The van der Waals surface area contributed by atoms with Crippen LogP contribution in [-0.2, 0) is 35.6 Å². The van der Waals surface area contributed by atoms with Gasteiger partial charge in [-0.25, -0.2) is 14.1 Å². The second kappa shape index (κ2) is 19.1. The first-order valence-electron chi connectivity index (χ1n) is 20.9. The van der Waals surface area contributed by atoms with Gasteiger partial charge < -0.3 is 30.4 Å². The van der Waals surface area contributed by atoms with Crippen molar-refractivity contribution in [3.63, 3.8) is 0 Å². The van der Waals surface area contributed by atoms with Crippen LogP contribution in [0.5, 0.6) is 17.2 Å². The molecule has 0 saturated carbocycles. The zero-order chi connectivity index (χ0) is 45.0. The molecule has 4 N–H and O–H groups in total. The average Bonchev–Trinajstić information content (AvgIpc) is 3.77. The van der Waals surface area contributed by atoms with Gasteiger partial charge in [0.15, 0.2) is 22.7 Å². The van der Waals surface area contributed by atoms with E-state index in [4.69, 9.17) is 36.8 Å². The van der Waals surface area contributed by atoms with Crippen LogP contribution < -0.4 is 25.3 Å². The number of anilines is 1. The number of carboxylic acid groups (broad SMARTS) is 1. The molecule has 0 bridgehead atoms. The van der Waals surface area contributed by atoms with E-state index in [9.17, 15) is 14.7 Å². The largest absolute Gasteiger partial charge is 0.489 e. The molecule has 2 aliphatic heterocycles. The van der Waals surface area contributed by atoms with Crippen molar-refractivity contribution >= 4 is 51.9 Å². The summed E-state index contributed by atoms with van der Waals surface area (Å²) in [4.78, 5) is 32.3. The van der Waals surface area contributed by atoms with E-state index in [1.54, 1.807) is 12.1 Å². The number of nitriles is 1. The van der Waals surface area contributed by atoms with Gasteiger partial charge in [0, 0.05) is 33.8 Å². The number of fused-ring (bicyclic) bond motifs is 2. The van der Waals surface area contributed by atoms with Gasteiger partial charge in [-0.3, -0.25) is 4.79 Å². The predicted molar refractivity (Wildman–Crippen MR) is 253 cm³/mol. The smallest absolute Gasteiger partial charge is 0.326 e. The molecule has 11 nitrogen and oxygen atoms in total. The summed E-state index contributed by atoms with van der Waals surface area (Å²) in [5.41, 5.74) is 15.6. The third-order valence-corrected chi connectivity index (χ3v) is 13.6. The molecule has 0 radical (unpaired) electrons. The number of nitrogen functional groups attached to an aromatic ring is 1. The van der Waals surface area contributed by atoms with Crippen LogP contribution in [-0.4, -0.2) is 45.0 Å². The highest BCUT2D eigenvalue weighted by atomic mass is 35.5. The number of aromatic nitrogens is 1. The summed E-state index contributed by atoms with van der Waals surface area (Å²) >= 11 is 9.11. The van der Waals surface area contributed by atoms with E-state index < -0.39 is 24.0 Å². The van der Waals surface area contributed by atoms with Crippen molar-refractivity contribution in [2.75, 3.05) is 12.3 Å². The Bertz CT molecular complexity index is 2900. The maximum Gasteiger partial charge on any atom is 0.326 e. The van der Waals surface area contributed by atoms with Crippen LogP contribution in [0.4, 0.5) is 5.13 Å². The molecule has 65 heavy (non-hydrogen) atoms. The molecule has 3 atom stereocenters. The van der Waals surface area contributed by atoms with Crippen LogP contribution in [0.3, 0.4) is 0 Å². The molecule has 326 valence electrons. The quantitative estimate of drug-likeness (QED) is 0.0945. The van der Waals surface area contributed by atoms with Gasteiger partial charge in [-0.1, -0.05) is 84.4 Å². The minimum Gasteiger partial charge on any atom is -0.489 e. The van der Waals surface area contributed by atoms with E-state index in [1.165, 1.54) is 23.3 Å². The highest BCUT2D eigenvalue weighted by Crippen LogP contribution is 2.43. The zero-order valence-corrected chi connectivity index (χ0v) is 37.5. The zero-order valence-electron chi connectivity index (χ0n) is 35.1. The van der Waals surface area contributed by atoms with E-state index in [2.05, 4.69) is 16.4 Å². The Labute approximate surface area is 389 Å². The number of carbonyl (C=O) groups is 2. The Balaban J connectivity index is 0.916. The molecule has 7 aromatic rings. The lowest BCUT2D eigenvalue weighted by atomic mass is 9.94. The fourth-order valence-corrected chi connectivity index (χ4v) is 9.60. The normalized spacial score (nSPS) is 15.9.